The van der Waals surface area contributed by atoms with Crippen molar-refractivity contribution in [1.29, 1.82) is 0 Å². The lowest BCUT2D eigenvalue weighted by Gasteiger charge is -2.34. The Bertz CT molecular complexity index is 809. The van der Waals surface area contributed by atoms with Gasteiger partial charge in [0.2, 0.25) is 0 Å². The first kappa shape index (κ1) is 18.1. The van der Waals surface area contributed by atoms with Crippen molar-refractivity contribution in [3.8, 4) is 0 Å². The van der Waals surface area contributed by atoms with Crippen molar-refractivity contribution >= 4 is 11.5 Å². The predicted octanol–water partition coefficient (Wildman–Crippen LogP) is 3.89. The second-order valence-electron chi connectivity index (χ2n) is 5.96. The summed E-state index contributed by atoms with van der Waals surface area (Å²) in [5.41, 5.74) is 0.189. The van der Waals surface area contributed by atoms with Crippen LogP contribution in [0.15, 0.2) is 36.4 Å². The van der Waals surface area contributed by atoms with E-state index in [1.54, 1.807) is 13.0 Å². The standard InChI is InChI=1S/C17H16F3N3O3/c1-11-14(23(24)25)6-7-16(21-11)22-8-9-26-15(10-22)12-2-4-13(5-3-12)17(18,19)20/h2-7,15H,8-10H2,1H3. The van der Waals surface area contributed by atoms with Crippen molar-refractivity contribution in [2.24, 2.45) is 0 Å². The molecule has 1 aromatic carbocycles. The van der Waals surface area contributed by atoms with Gasteiger partial charge in [0.05, 0.1) is 17.1 Å². The van der Waals surface area contributed by atoms with Gasteiger partial charge in [0.25, 0.3) is 5.69 Å². The smallest absolute Gasteiger partial charge is 0.370 e. The maximum absolute atomic E-state index is 12.7. The van der Waals surface area contributed by atoms with E-state index in [4.69, 9.17) is 4.74 Å². The molecule has 1 aliphatic heterocycles. The Balaban J connectivity index is 1.77. The number of nitro groups is 1. The quantitative estimate of drug-likeness (QED) is 0.608. The fourth-order valence-corrected chi connectivity index (χ4v) is 2.86. The summed E-state index contributed by atoms with van der Waals surface area (Å²) in [4.78, 5) is 16.6. The third kappa shape index (κ3) is 3.77. The normalized spacial score (nSPS) is 18.0. The third-order valence-corrected chi connectivity index (χ3v) is 4.24. The molecule has 1 fully saturated rings. The molecule has 9 heteroatoms. The zero-order valence-corrected chi connectivity index (χ0v) is 13.9. The fraction of sp³-hybridized carbons (Fsp3) is 0.353. The number of rotatable bonds is 3. The largest absolute Gasteiger partial charge is 0.416 e. The molecule has 0 bridgehead atoms. The van der Waals surface area contributed by atoms with E-state index < -0.39 is 22.8 Å². The lowest BCUT2D eigenvalue weighted by molar-refractivity contribution is -0.385. The van der Waals surface area contributed by atoms with Gasteiger partial charge in [0.1, 0.15) is 17.6 Å². The first-order valence-electron chi connectivity index (χ1n) is 7.91. The molecular weight excluding hydrogens is 351 g/mol. The van der Waals surface area contributed by atoms with Gasteiger partial charge in [-0.05, 0) is 30.7 Å². The van der Waals surface area contributed by atoms with Gasteiger partial charge in [-0.1, -0.05) is 12.1 Å². The number of alkyl halides is 3. The van der Waals surface area contributed by atoms with Crippen LogP contribution in [0.1, 0.15) is 22.9 Å². The summed E-state index contributed by atoms with van der Waals surface area (Å²) in [6.45, 7) is 2.88. The number of morpholine rings is 1. The number of aryl methyl sites for hydroxylation is 1. The van der Waals surface area contributed by atoms with Gasteiger partial charge in [-0.15, -0.1) is 0 Å². The number of hydrogen-bond acceptors (Lipinski definition) is 5. The van der Waals surface area contributed by atoms with Crippen molar-refractivity contribution in [3.63, 3.8) is 0 Å². The molecule has 2 aromatic rings. The molecule has 1 unspecified atom stereocenters. The number of hydrogen-bond donors (Lipinski definition) is 0. The van der Waals surface area contributed by atoms with Crippen LogP contribution in [0.2, 0.25) is 0 Å². The molecule has 1 aliphatic rings. The molecule has 3 rings (SSSR count). The van der Waals surface area contributed by atoms with Crippen LogP contribution in [0.3, 0.4) is 0 Å². The fourth-order valence-electron chi connectivity index (χ4n) is 2.86. The van der Waals surface area contributed by atoms with E-state index >= 15 is 0 Å². The zero-order chi connectivity index (χ0) is 18.9. The van der Waals surface area contributed by atoms with Gasteiger partial charge < -0.3 is 9.64 Å². The lowest BCUT2D eigenvalue weighted by Crippen LogP contribution is -2.39. The molecule has 0 N–H and O–H groups in total. The molecule has 1 saturated heterocycles. The van der Waals surface area contributed by atoms with Crippen LogP contribution in [-0.2, 0) is 10.9 Å². The van der Waals surface area contributed by atoms with Gasteiger partial charge in [-0.2, -0.15) is 13.2 Å². The Morgan fingerprint density at radius 2 is 1.92 bits per heavy atom. The van der Waals surface area contributed by atoms with Crippen LogP contribution >= 0.6 is 0 Å². The molecule has 26 heavy (non-hydrogen) atoms. The molecule has 0 saturated carbocycles. The van der Waals surface area contributed by atoms with E-state index in [1.807, 2.05) is 4.90 Å². The van der Waals surface area contributed by atoms with Crippen LogP contribution in [0.5, 0.6) is 0 Å². The number of halogens is 3. The lowest BCUT2D eigenvalue weighted by atomic mass is 10.1. The summed E-state index contributed by atoms with van der Waals surface area (Å²) in [7, 11) is 0. The van der Waals surface area contributed by atoms with Crippen LogP contribution in [0.4, 0.5) is 24.7 Å². The van der Waals surface area contributed by atoms with E-state index in [1.165, 1.54) is 18.2 Å². The number of anilines is 1. The summed E-state index contributed by atoms with van der Waals surface area (Å²) in [5.74, 6) is 0.577. The highest BCUT2D eigenvalue weighted by Crippen LogP contribution is 2.32. The zero-order valence-electron chi connectivity index (χ0n) is 13.9. The van der Waals surface area contributed by atoms with Gasteiger partial charge in [-0.25, -0.2) is 4.98 Å². The number of ether oxygens (including phenoxy) is 1. The summed E-state index contributed by atoms with van der Waals surface area (Å²) in [6, 6.07) is 7.86. The number of benzene rings is 1. The Morgan fingerprint density at radius 3 is 2.50 bits per heavy atom. The van der Waals surface area contributed by atoms with Crippen molar-refractivity contribution in [2.45, 2.75) is 19.2 Å². The minimum atomic E-state index is -4.38. The van der Waals surface area contributed by atoms with Crippen LogP contribution < -0.4 is 4.90 Å². The van der Waals surface area contributed by atoms with Gasteiger partial charge in [0, 0.05) is 19.2 Å². The molecular formula is C17H16F3N3O3. The van der Waals surface area contributed by atoms with Crippen molar-refractivity contribution in [2.75, 3.05) is 24.6 Å². The van der Waals surface area contributed by atoms with Crippen LogP contribution in [-0.4, -0.2) is 29.6 Å². The van der Waals surface area contributed by atoms with Gasteiger partial charge in [0.15, 0.2) is 0 Å². The molecule has 0 amide bonds. The highest BCUT2D eigenvalue weighted by Gasteiger charge is 2.31. The van der Waals surface area contributed by atoms with E-state index in [9.17, 15) is 23.3 Å². The maximum Gasteiger partial charge on any atom is 0.416 e. The third-order valence-electron chi connectivity index (χ3n) is 4.24. The van der Waals surface area contributed by atoms with Gasteiger partial charge in [-0.3, -0.25) is 10.1 Å². The van der Waals surface area contributed by atoms with Crippen LogP contribution in [0.25, 0.3) is 0 Å². The predicted molar refractivity (Wildman–Crippen MR) is 88.0 cm³/mol. The number of nitrogens with zero attached hydrogens (tertiary/aromatic N) is 3. The van der Waals surface area contributed by atoms with E-state index in [2.05, 4.69) is 4.98 Å². The van der Waals surface area contributed by atoms with Crippen molar-refractivity contribution in [3.05, 3.63) is 63.3 Å². The Labute approximate surface area is 147 Å². The molecule has 0 aliphatic carbocycles. The summed E-state index contributed by atoms with van der Waals surface area (Å²) in [5, 5.41) is 10.9. The van der Waals surface area contributed by atoms with Crippen LogP contribution in [0, 0.1) is 17.0 Å². The Kier molecular flexibility index (Phi) is 4.82. The molecule has 1 aromatic heterocycles. The summed E-state index contributed by atoms with van der Waals surface area (Å²) >= 11 is 0. The average molecular weight is 367 g/mol. The monoisotopic (exact) mass is 367 g/mol. The Morgan fingerprint density at radius 1 is 1.23 bits per heavy atom. The number of pyridine rings is 1. The molecule has 6 nitrogen and oxygen atoms in total. The van der Waals surface area contributed by atoms with E-state index in [0.29, 0.717) is 36.8 Å². The first-order valence-corrected chi connectivity index (χ1v) is 7.91. The van der Waals surface area contributed by atoms with Crippen molar-refractivity contribution in [1.82, 2.24) is 4.98 Å². The highest BCUT2D eigenvalue weighted by molar-refractivity contribution is 5.47. The average Bonchev–Trinajstić information content (AvgIpc) is 2.61. The van der Waals surface area contributed by atoms with E-state index in [-0.39, 0.29) is 5.69 Å². The number of aromatic nitrogens is 1. The molecule has 0 radical (unpaired) electrons. The molecule has 2 heterocycles. The minimum Gasteiger partial charge on any atom is -0.370 e. The molecule has 138 valence electrons. The van der Waals surface area contributed by atoms with Crippen molar-refractivity contribution < 1.29 is 22.8 Å². The molecule has 1 atom stereocenters. The second-order valence-corrected chi connectivity index (χ2v) is 5.96. The molecule has 0 spiro atoms. The van der Waals surface area contributed by atoms with Gasteiger partial charge >= 0.3 is 6.18 Å². The SMILES string of the molecule is Cc1nc(N2CCOC(c3ccc(C(F)(F)F)cc3)C2)ccc1[N+](=O)[O-]. The Hall–Kier alpha value is -2.68. The first-order chi connectivity index (χ1) is 12.3. The minimum absolute atomic E-state index is 0.0544. The maximum atomic E-state index is 12.7. The summed E-state index contributed by atoms with van der Waals surface area (Å²) in [6.07, 6.45) is -4.78. The highest BCUT2D eigenvalue weighted by atomic mass is 19.4. The summed E-state index contributed by atoms with van der Waals surface area (Å²) < 4.78 is 43.7. The second kappa shape index (κ2) is 6.91. The van der Waals surface area contributed by atoms with E-state index in [0.717, 1.165) is 12.1 Å². The topological polar surface area (TPSA) is 68.5 Å².